The van der Waals surface area contributed by atoms with Gasteiger partial charge in [0.1, 0.15) is 0 Å². The molecule has 0 aliphatic carbocycles. The molecule has 2 aromatic rings. The third-order valence-corrected chi connectivity index (χ3v) is 5.63. The number of carbonyl (C=O) groups excluding carboxylic acids is 1. The number of carbonyl (C=O) groups is 1. The Morgan fingerprint density at radius 1 is 1.07 bits per heavy atom. The minimum atomic E-state index is -0.0703. The zero-order chi connectivity index (χ0) is 21.1. The fourth-order valence-electron chi connectivity index (χ4n) is 2.83. The van der Waals surface area contributed by atoms with Gasteiger partial charge in [-0.25, -0.2) is 4.99 Å². The molecule has 0 saturated carbocycles. The Morgan fingerprint density at radius 2 is 1.83 bits per heavy atom. The maximum Gasteiger partial charge on any atom is 0.266 e. The van der Waals surface area contributed by atoms with Gasteiger partial charge in [0.15, 0.2) is 16.7 Å². The fraction of sp³-hybridized carbons (Fsp3) is 0.304. The molecule has 6 heteroatoms. The van der Waals surface area contributed by atoms with Gasteiger partial charge >= 0.3 is 0 Å². The van der Waals surface area contributed by atoms with Crippen molar-refractivity contribution >= 4 is 34.6 Å². The van der Waals surface area contributed by atoms with Gasteiger partial charge in [-0.2, -0.15) is 0 Å². The summed E-state index contributed by atoms with van der Waals surface area (Å²) < 4.78 is 11.2. The maximum atomic E-state index is 12.7. The topological polar surface area (TPSA) is 51.1 Å². The highest BCUT2D eigenvalue weighted by molar-refractivity contribution is 8.18. The zero-order valence-corrected chi connectivity index (χ0v) is 18.5. The van der Waals surface area contributed by atoms with Crippen molar-refractivity contribution in [2.45, 2.75) is 33.8 Å². The van der Waals surface area contributed by atoms with Crippen LogP contribution in [0.3, 0.4) is 0 Å². The van der Waals surface area contributed by atoms with Crippen LogP contribution in [0.15, 0.2) is 46.3 Å². The highest BCUT2D eigenvalue weighted by Gasteiger charge is 2.30. The van der Waals surface area contributed by atoms with E-state index in [-0.39, 0.29) is 12.0 Å². The number of aliphatic imine (C=N–C) groups is 1. The summed E-state index contributed by atoms with van der Waals surface area (Å²) in [6.07, 6.45) is 1.91. The standard InChI is InChI=1S/C23H26N2O3S/c1-14(2)28-19-10-8-17(12-20(19)27-6)13-21-22(26)25(5)23(29-21)24-18-9-7-15(3)16(4)11-18/h7-14H,1-6H3/b21-13+,24-23?. The molecule has 1 heterocycles. The SMILES string of the molecule is COc1cc(/C=C2/SC(=Nc3ccc(C)c(C)c3)N(C)C2=O)ccc1OC(C)C. The molecule has 3 rings (SSSR count). The summed E-state index contributed by atoms with van der Waals surface area (Å²) in [5.41, 5.74) is 4.11. The molecule has 2 aromatic carbocycles. The van der Waals surface area contributed by atoms with Crippen LogP contribution in [0.25, 0.3) is 6.08 Å². The van der Waals surface area contributed by atoms with Gasteiger partial charge in [-0.05, 0) is 86.5 Å². The third kappa shape index (κ3) is 4.82. The molecule has 1 amide bonds. The first kappa shape index (κ1) is 21.0. The Hall–Kier alpha value is -2.73. The van der Waals surface area contributed by atoms with Crippen LogP contribution in [-0.4, -0.2) is 36.2 Å². The van der Waals surface area contributed by atoms with Crippen molar-refractivity contribution in [2.24, 2.45) is 4.99 Å². The van der Waals surface area contributed by atoms with Gasteiger partial charge in [0, 0.05) is 7.05 Å². The lowest BCUT2D eigenvalue weighted by Crippen LogP contribution is -2.23. The van der Waals surface area contributed by atoms with E-state index in [9.17, 15) is 4.79 Å². The van der Waals surface area contributed by atoms with Crippen molar-refractivity contribution < 1.29 is 14.3 Å². The number of aryl methyl sites for hydroxylation is 2. The second-order valence-corrected chi connectivity index (χ2v) is 8.22. The summed E-state index contributed by atoms with van der Waals surface area (Å²) in [5.74, 6) is 1.25. The van der Waals surface area contributed by atoms with Crippen molar-refractivity contribution in [3.8, 4) is 11.5 Å². The summed E-state index contributed by atoms with van der Waals surface area (Å²) >= 11 is 1.37. The van der Waals surface area contributed by atoms with Crippen LogP contribution in [0.5, 0.6) is 11.5 Å². The average molecular weight is 411 g/mol. The van der Waals surface area contributed by atoms with Crippen LogP contribution in [-0.2, 0) is 4.79 Å². The predicted octanol–water partition coefficient (Wildman–Crippen LogP) is 5.33. The largest absolute Gasteiger partial charge is 0.493 e. The van der Waals surface area contributed by atoms with E-state index >= 15 is 0 Å². The highest BCUT2D eigenvalue weighted by atomic mass is 32.2. The van der Waals surface area contributed by atoms with Gasteiger partial charge in [0.25, 0.3) is 5.91 Å². The average Bonchev–Trinajstić information content (AvgIpc) is 2.93. The molecule has 0 spiro atoms. The minimum absolute atomic E-state index is 0.0536. The Balaban J connectivity index is 1.88. The van der Waals surface area contributed by atoms with E-state index in [0.717, 1.165) is 11.3 Å². The van der Waals surface area contributed by atoms with Gasteiger partial charge in [-0.15, -0.1) is 0 Å². The van der Waals surface area contributed by atoms with Crippen molar-refractivity contribution in [3.05, 3.63) is 58.0 Å². The van der Waals surface area contributed by atoms with Gasteiger partial charge < -0.3 is 9.47 Å². The van der Waals surface area contributed by atoms with Crippen LogP contribution in [0.2, 0.25) is 0 Å². The van der Waals surface area contributed by atoms with Crippen molar-refractivity contribution in [1.82, 2.24) is 4.90 Å². The van der Waals surface area contributed by atoms with E-state index < -0.39 is 0 Å². The Morgan fingerprint density at radius 3 is 2.48 bits per heavy atom. The summed E-state index contributed by atoms with van der Waals surface area (Å²) in [4.78, 5) is 19.6. The fourth-order valence-corrected chi connectivity index (χ4v) is 3.82. The smallest absolute Gasteiger partial charge is 0.266 e. The number of thioether (sulfide) groups is 1. The summed E-state index contributed by atoms with van der Waals surface area (Å²) in [7, 11) is 3.35. The molecule has 1 saturated heterocycles. The van der Waals surface area contributed by atoms with E-state index in [2.05, 4.69) is 18.8 Å². The number of nitrogens with zero attached hydrogens (tertiary/aromatic N) is 2. The molecule has 152 valence electrons. The molecule has 1 aliphatic heterocycles. The Labute approximate surface area is 176 Å². The monoisotopic (exact) mass is 410 g/mol. The van der Waals surface area contributed by atoms with Gasteiger partial charge in [-0.1, -0.05) is 12.1 Å². The number of hydrogen-bond donors (Lipinski definition) is 0. The van der Waals surface area contributed by atoms with Crippen LogP contribution in [0.1, 0.15) is 30.5 Å². The molecule has 1 fully saturated rings. The van der Waals surface area contributed by atoms with Gasteiger partial charge in [0.2, 0.25) is 0 Å². The maximum absolute atomic E-state index is 12.7. The number of rotatable bonds is 5. The molecule has 29 heavy (non-hydrogen) atoms. The van der Waals surface area contributed by atoms with Crippen LogP contribution < -0.4 is 9.47 Å². The molecule has 1 aliphatic rings. The molecule has 0 unspecified atom stereocenters. The van der Waals surface area contributed by atoms with E-state index in [1.807, 2.05) is 56.3 Å². The first-order chi connectivity index (χ1) is 13.8. The van der Waals surface area contributed by atoms with E-state index in [4.69, 9.17) is 9.47 Å². The number of amidine groups is 1. The number of benzene rings is 2. The number of methoxy groups -OCH3 is 1. The quantitative estimate of drug-likeness (QED) is 0.625. The third-order valence-electron chi connectivity index (χ3n) is 4.57. The van der Waals surface area contributed by atoms with Crippen molar-refractivity contribution in [3.63, 3.8) is 0 Å². The molecule has 0 aromatic heterocycles. The molecule has 0 atom stereocenters. The van der Waals surface area contributed by atoms with Crippen LogP contribution >= 0.6 is 11.8 Å². The first-order valence-corrected chi connectivity index (χ1v) is 10.3. The molecule has 0 radical (unpaired) electrons. The molecule has 0 N–H and O–H groups in total. The van der Waals surface area contributed by atoms with E-state index in [0.29, 0.717) is 21.6 Å². The zero-order valence-electron chi connectivity index (χ0n) is 17.6. The van der Waals surface area contributed by atoms with Crippen molar-refractivity contribution in [1.29, 1.82) is 0 Å². The molecule has 0 bridgehead atoms. The minimum Gasteiger partial charge on any atom is -0.493 e. The van der Waals surface area contributed by atoms with Gasteiger partial charge in [0.05, 0.1) is 23.8 Å². The number of hydrogen-bond acceptors (Lipinski definition) is 5. The second kappa shape index (κ2) is 8.74. The summed E-state index contributed by atoms with van der Waals surface area (Å²) in [6, 6.07) is 11.7. The molecular formula is C23H26N2O3S. The predicted molar refractivity (Wildman–Crippen MR) is 120 cm³/mol. The second-order valence-electron chi connectivity index (χ2n) is 7.21. The Kier molecular flexibility index (Phi) is 6.33. The Bertz CT molecular complexity index is 996. The highest BCUT2D eigenvalue weighted by Crippen LogP contribution is 2.35. The first-order valence-electron chi connectivity index (χ1n) is 9.46. The van der Waals surface area contributed by atoms with Crippen LogP contribution in [0.4, 0.5) is 5.69 Å². The lowest BCUT2D eigenvalue weighted by atomic mass is 10.1. The van der Waals surface area contributed by atoms with Gasteiger partial charge in [-0.3, -0.25) is 9.69 Å². The van der Waals surface area contributed by atoms with E-state index in [1.165, 1.54) is 22.9 Å². The molecular weight excluding hydrogens is 384 g/mol. The number of ether oxygens (including phenoxy) is 2. The molecule has 5 nitrogen and oxygen atoms in total. The lowest BCUT2D eigenvalue weighted by Gasteiger charge is -2.13. The van der Waals surface area contributed by atoms with Crippen molar-refractivity contribution in [2.75, 3.05) is 14.2 Å². The number of amides is 1. The summed E-state index contributed by atoms with van der Waals surface area (Å²) in [5, 5.41) is 0.663. The van der Waals surface area contributed by atoms with E-state index in [1.54, 1.807) is 19.1 Å². The summed E-state index contributed by atoms with van der Waals surface area (Å²) in [6.45, 7) is 8.06. The lowest BCUT2D eigenvalue weighted by molar-refractivity contribution is -0.121. The number of likely N-dealkylation sites (N-methyl/N-ethyl adjacent to an activating group) is 1. The normalized spacial score (nSPS) is 16.9. The van der Waals surface area contributed by atoms with Crippen LogP contribution in [0, 0.1) is 13.8 Å².